The van der Waals surface area contributed by atoms with E-state index < -0.39 is 5.54 Å². The number of carbonyl (C=O) groups excluding carboxylic acids is 2. The summed E-state index contributed by atoms with van der Waals surface area (Å²) in [6, 6.07) is 0.194. The van der Waals surface area contributed by atoms with Crippen molar-refractivity contribution in [1.29, 1.82) is 0 Å². The highest BCUT2D eigenvalue weighted by Crippen LogP contribution is 2.27. The van der Waals surface area contributed by atoms with Gasteiger partial charge in [0.2, 0.25) is 0 Å². The summed E-state index contributed by atoms with van der Waals surface area (Å²) in [5.41, 5.74) is -0.673. The minimum atomic E-state index is -0.673. The van der Waals surface area contributed by atoms with Crippen LogP contribution in [0.4, 0.5) is 4.79 Å². The standard InChI is InChI=1S/C15H27N3O2/c1-3-5-6-8-12(4-2)18-10-7-9-15(11-18)13(19)16-14(20)17-15/h12H,3-11H2,1-2H3,(H2,16,17,19,20). The zero-order valence-electron chi connectivity index (χ0n) is 12.7. The van der Waals surface area contributed by atoms with E-state index in [1.165, 1.54) is 25.7 Å². The Morgan fingerprint density at radius 2 is 2.10 bits per heavy atom. The highest BCUT2D eigenvalue weighted by Gasteiger charge is 2.49. The van der Waals surface area contributed by atoms with Crippen molar-refractivity contribution in [3.05, 3.63) is 0 Å². The minimum Gasteiger partial charge on any atom is -0.322 e. The molecule has 0 aromatic rings. The number of unbranched alkanes of at least 4 members (excludes halogenated alkanes) is 2. The van der Waals surface area contributed by atoms with E-state index in [4.69, 9.17) is 0 Å². The third-order valence-electron chi connectivity index (χ3n) is 4.66. The van der Waals surface area contributed by atoms with E-state index >= 15 is 0 Å². The Kier molecular flexibility index (Phi) is 5.02. The van der Waals surface area contributed by atoms with Gasteiger partial charge in [-0.3, -0.25) is 15.0 Å². The molecule has 2 aliphatic heterocycles. The third-order valence-corrected chi connectivity index (χ3v) is 4.66. The lowest BCUT2D eigenvalue weighted by molar-refractivity contribution is -0.126. The number of amides is 3. The monoisotopic (exact) mass is 281 g/mol. The predicted octanol–water partition coefficient (Wildman–Crippen LogP) is 2.02. The van der Waals surface area contributed by atoms with Crippen LogP contribution < -0.4 is 10.6 Å². The molecule has 0 bridgehead atoms. The molecule has 2 saturated heterocycles. The molecule has 2 aliphatic rings. The van der Waals surface area contributed by atoms with E-state index in [0.717, 1.165) is 25.8 Å². The van der Waals surface area contributed by atoms with Crippen LogP contribution in [-0.4, -0.2) is 41.5 Å². The summed E-state index contributed by atoms with van der Waals surface area (Å²) in [5.74, 6) is -0.143. The Bertz CT molecular complexity index is 372. The van der Waals surface area contributed by atoms with Crippen LogP contribution in [0.25, 0.3) is 0 Å². The van der Waals surface area contributed by atoms with Crippen LogP contribution in [0.5, 0.6) is 0 Å². The largest absolute Gasteiger partial charge is 0.322 e. The first-order chi connectivity index (χ1) is 9.61. The van der Waals surface area contributed by atoms with Gasteiger partial charge in [0.25, 0.3) is 5.91 Å². The highest BCUT2D eigenvalue weighted by atomic mass is 16.2. The van der Waals surface area contributed by atoms with Crippen LogP contribution in [0, 0.1) is 0 Å². The first kappa shape index (κ1) is 15.3. The van der Waals surface area contributed by atoms with Gasteiger partial charge in [0.1, 0.15) is 5.54 Å². The number of rotatable bonds is 6. The van der Waals surface area contributed by atoms with Gasteiger partial charge in [0, 0.05) is 12.6 Å². The molecule has 0 aromatic carbocycles. The topological polar surface area (TPSA) is 61.4 Å². The second-order valence-corrected chi connectivity index (χ2v) is 6.12. The average Bonchev–Trinajstić information content (AvgIpc) is 2.69. The van der Waals surface area contributed by atoms with Crippen molar-refractivity contribution in [2.75, 3.05) is 13.1 Å². The number of hydrogen-bond donors (Lipinski definition) is 2. The second kappa shape index (κ2) is 6.57. The number of piperidine rings is 1. The summed E-state index contributed by atoms with van der Waals surface area (Å²) in [7, 11) is 0. The van der Waals surface area contributed by atoms with Gasteiger partial charge in [-0.1, -0.05) is 33.1 Å². The number of hydrogen-bond acceptors (Lipinski definition) is 3. The lowest BCUT2D eigenvalue weighted by Crippen LogP contribution is -2.60. The second-order valence-electron chi connectivity index (χ2n) is 6.12. The van der Waals surface area contributed by atoms with Gasteiger partial charge >= 0.3 is 6.03 Å². The lowest BCUT2D eigenvalue weighted by atomic mass is 9.87. The third kappa shape index (κ3) is 3.14. The molecular weight excluding hydrogens is 254 g/mol. The van der Waals surface area contributed by atoms with Crippen molar-refractivity contribution in [3.63, 3.8) is 0 Å². The fraction of sp³-hybridized carbons (Fsp3) is 0.867. The van der Waals surface area contributed by atoms with Gasteiger partial charge in [-0.25, -0.2) is 4.79 Å². The Morgan fingerprint density at radius 1 is 1.30 bits per heavy atom. The molecule has 0 aromatic heterocycles. The molecule has 5 nitrogen and oxygen atoms in total. The highest BCUT2D eigenvalue weighted by molar-refractivity contribution is 6.07. The quantitative estimate of drug-likeness (QED) is 0.578. The molecule has 2 rings (SSSR count). The number of carbonyl (C=O) groups is 2. The van der Waals surface area contributed by atoms with Gasteiger partial charge in [0.05, 0.1) is 0 Å². The number of nitrogens with one attached hydrogen (secondary N) is 2. The normalized spacial score (nSPS) is 28.5. The number of likely N-dealkylation sites (tertiary alicyclic amines) is 1. The fourth-order valence-corrected chi connectivity index (χ4v) is 3.49. The Labute approximate surface area is 121 Å². The van der Waals surface area contributed by atoms with E-state index in [0.29, 0.717) is 12.6 Å². The molecule has 0 saturated carbocycles. The van der Waals surface area contributed by atoms with Crippen molar-refractivity contribution in [3.8, 4) is 0 Å². The maximum absolute atomic E-state index is 12.1. The van der Waals surface area contributed by atoms with Gasteiger partial charge in [-0.2, -0.15) is 0 Å². The number of nitrogens with zero attached hydrogens (tertiary/aromatic N) is 1. The van der Waals surface area contributed by atoms with Crippen LogP contribution in [0.2, 0.25) is 0 Å². The Hall–Kier alpha value is -1.10. The average molecular weight is 281 g/mol. The van der Waals surface area contributed by atoms with Gasteiger partial charge in [0.15, 0.2) is 0 Å². The zero-order valence-corrected chi connectivity index (χ0v) is 12.7. The van der Waals surface area contributed by atoms with Gasteiger partial charge < -0.3 is 5.32 Å². The van der Waals surface area contributed by atoms with Crippen LogP contribution in [0.1, 0.15) is 58.8 Å². The Balaban J connectivity index is 1.98. The van der Waals surface area contributed by atoms with E-state index in [1.54, 1.807) is 0 Å². The Morgan fingerprint density at radius 3 is 2.70 bits per heavy atom. The summed E-state index contributed by atoms with van der Waals surface area (Å²) < 4.78 is 0. The van der Waals surface area contributed by atoms with Crippen molar-refractivity contribution < 1.29 is 9.59 Å². The molecule has 2 unspecified atom stereocenters. The summed E-state index contributed by atoms with van der Waals surface area (Å²) in [6.07, 6.45) is 7.78. The molecule has 20 heavy (non-hydrogen) atoms. The van der Waals surface area contributed by atoms with E-state index in [2.05, 4.69) is 29.4 Å². The molecule has 0 aliphatic carbocycles. The molecule has 5 heteroatoms. The summed E-state index contributed by atoms with van der Waals surface area (Å²) in [4.78, 5) is 25.9. The van der Waals surface area contributed by atoms with E-state index in [9.17, 15) is 9.59 Å². The maximum Gasteiger partial charge on any atom is 0.322 e. The first-order valence-corrected chi connectivity index (χ1v) is 7.99. The molecular formula is C15H27N3O2. The number of imide groups is 1. The molecule has 2 heterocycles. The van der Waals surface area contributed by atoms with Gasteiger partial charge in [-0.05, 0) is 32.2 Å². The molecule has 2 N–H and O–H groups in total. The zero-order chi connectivity index (χ0) is 14.6. The van der Waals surface area contributed by atoms with E-state index in [-0.39, 0.29) is 11.9 Å². The molecule has 1 spiro atoms. The summed E-state index contributed by atoms with van der Waals surface area (Å²) >= 11 is 0. The molecule has 3 amide bonds. The molecule has 0 radical (unpaired) electrons. The molecule has 2 fully saturated rings. The van der Waals surface area contributed by atoms with Gasteiger partial charge in [-0.15, -0.1) is 0 Å². The van der Waals surface area contributed by atoms with Crippen LogP contribution in [-0.2, 0) is 4.79 Å². The molecule has 2 atom stereocenters. The van der Waals surface area contributed by atoms with Crippen molar-refractivity contribution in [2.45, 2.75) is 70.4 Å². The lowest BCUT2D eigenvalue weighted by Gasteiger charge is -2.42. The minimum absolute atomic E-state index is 0.143. The molecule has 114 valence electrons. The predicted molar refractivity (Wildman–Crippen MR) is 78.4 cm³/mol. The van der Waals surface area contributed by atoms with Crippen molar-refractivity contribution in [2.24, 2.45) is 0 Å². The SMILES string of the molecule is CCCCCC(CC)N1CCCC2(C1)NC(=O)NC2=O. The van der Waals surface area contributed by atoms with Crippen LogP contribution >= 0.6 is 0 Å². The fourth-order valence-electron chi connectivity index (χ4n) is 3.49. The van der Waals surface area contributed by atoms with Crippen LogP contribution in [0.3, 0.4) is 0 Å². The van der Waals surface area contributed by atoms with E-state index in [1.807, 2.05) is 0 Å². The summed E-state index contributed by atoms with van der Waals surface area (Å²) in [6.45, 7) is 6.13. The summed E-state index contributed by atoms with van der Waals surface area (Å²) in [5, 5.41) is 5.25. The number of urea groups is 1. The van der Waals surface area contributed by atoms with Crippen molar-refractivity contribution >= 4 is 11.9 Å². The van der Waals surface area contributed by atoms with Crippen molar-refractivity contribution in [1.82, 2.24) is 15.5 Å². The smallest absolute Gasteiger partial charge is 0.322 e. The van der Waals surface area contributed by atoms with Crippen LogP contribution in [0.15, 0.2) is 0 Å². The first-order valence-electron chi connectivity index (χ1n) is 7.99. The maximum atomic E-state index is 12.1.